The fraction of sp³-hybridized carbons (Fsp3) is 0. The Kier molecular flexibility index (Phi) is 3.15. The van der Waals surface area contributed by atoms with Crippen molar-refractivity contribution in [3.63, 3.8) is 0 Å². The van der Waals surface area contributed by atoms with E-state index in [0.29, 0.717) is 0 Å². The summed E-state index contributed by atoms with van der Waals surface area (Å²) < 4.78 is 0. The molecule has 74 valence electrons. The average Bonchev–Trinajstić information content (AvgIpc) is 2.31. The normalized spacial score (nSPS) is 10.7. The third kappa shape index (κ3) is 2.67. The largest absolute Gasteiger partial charge is 0.0995 e. The molecule has 0 radical (unpaired) electrons. The van der Waals surface area contributed by atoms with Crippen LogP contribution in [0.2, 0.25) is 0 Å². The molecular weight excluding hydrogens is 196 g/mol. The van der Waals surface area contributed by atoms with Gasteiger partial charge < -0.3 is 0 Å². The van der Waals surface area contributed by atoms with E-state index >= 15 is 0 Å². The van der Waals surface area contributed by atoms with Crippen LogP contribution < -0.4 is 5.19 Å². The van der Waals surface area contributed by atoms with E-state index in [0.717, 1.165) is 0 Å². The summed E-state index contributed by atoms with van der Waals surface area (Å²) in [5, 5.41) is 2.76. The Hall–Kier alpha value is -1.60. The Morgan fingerprint density at radius 3 is 1.93 bits per heavy atom. The number of rotatable bonds is 3. The van der Waals surface area contributed by atoms with Gasteiger partial charge in [-0.25, -0.2) is 0 Å². The van der Waals surface area contributed by atoms with Crippen LogP contribution in [0, 0.1) is 0 Å². The zero-order chi connectivity index (χ0) is 10.5. The minimum atomic E-state index is -0.380. The molecule has 0 saturated carbocycles. The van der Waals surface area contributed by atoms with Crippen LogP contribution in [0.4, 0.5) is 0 Å². The lowest BCUT2D eigenvalue weighted by Gasteiger charge is -2.04. The van der Waals surface area contributed by atoms with Gasteiger partial charge in [0.2, 0.25) is 0 Å². The van der Waals surface area contributed by atoms with Crippen LogP contribution in [0.1, 0.15) is 5.56 Å². The highest BCUT2D eigenvalue weighted by molar-refractivity contribution is 6.72. The summed E-state index contributed by atoms with van der Waals surface area (Å²) in [4.78, 5) is 0. The Balaban J connectivity index is 2.12. The monoisotopic (exact) mass is 210 g/mol. The first-order valence-electron chi connectivity index (χ1n) is 5.13. The summed E-state index contributed by atoms with van der Waals surface area (Å²) in [5.41, 5.74) is 1.29. The second kappa shape index (κ2) is 4.76. The molecule has 2 aromatic rings. The highest BCUT2D eigenvalue weighted by Gasteiger charge is 1.99. The molecule has 0 amide bonds. The van der Waals surface area contributed by atoms with Crippen molar-refractivity contribution >= 4 is 19.9 Å². The van der Waals surface area contributed by atoms with Crippen LogP contribution in [0.15, 0.2) is 67.2 Å². The summed E-state index contributed by atoms with van der Waals surface area (Å²) in [6, 6.07) is 21.1. The second-order valence-electron chi connectivity index (χ2n) is 3.63. The van der Waals surface area contributed by atoms with Crippen molar-refractivity contribution in [3.05, 3.63) is 72.8 Å². The maximum atomic E-state index is 4.18. The first-order valence-corrected chi connectivity index (χ1v) is 6.55. The molecule has 0 bridgehead atoms. The van der Waals surface area contributed by atoms with E-state index in [4.69, 9.17) is 0 Å². The molecule has 0 aliphatic rings. The Morgan fingerprint density at radius 2 is 1.33 bits per heavy atom. The Bertz CT molecular complexity index is 431. The zero-order valence-electron chi connectivity index (χ0n) is 8.69. The number of benzene rings is 2. The molecule has 2 rings (SSSR count). The second-order valence-corrected chi connectivity index (χ2v) is 5.66. The van der Waals surface area contributed by atoms with Crippen molar-refractivity contribution in [2.24, 2.45) is 0 Å². The molecule has 0 aromatic heterocycles. The molecule has 0 N–H and O–H groups in total. The smallest absolute Gasteiger partial charge is 0.0875 e. The Labute approximate surface area is 93.1 Å². The molecule has 0 heterocycles. The van der Waals surface area contributed by atoms with E-state index < -0.39 is 0 Å². The third-order valence-electron chi connectivity index (χ3n) is 2.44. The van der Waals surface area contributed by atoms with E-state index in [-0.39, 0.29) is 9.52 Å². The first-order chi connectivity index (χ1) is 7.36. The van der Waals surface area contributed by atoms with Gasteiger partial charge in [0.25, 0.3) is 0 Å². The molecule has 0 spiro atoms. The molecule has 0 aliphatic heterocycles. The van der Waals surface area contributed by atoms with Gasteiger partial charge in [-0.05, 0) is 5.56 Å². The van der Waals surface area contributed by atoms with E-state index in [1.807, 2.05) is 6.07 Å². The van der Waals surface area contributed by atoms with Crippen molar-refractivity contribution in [1.82, 2.24) is 0 Å². The standard InChI is InChI=1S/C14H14Si/c1-12(13-8-4-2-5-9-13)15-14-10-6-3-7-11-14/h2-11H,1,15H2. The van der Waals surface area contributed by atoms with Crippen LogP contribution in [-0.2, 0) is 0 Å². The predicted octanol–water partition coefficient (Wildman–Crippen LogP) is 2.15. The topological polar surface area (TPSA) is 0 Å². The minimum Gasteiger partial charge on any atom is -0.0995 e. The fourth-order valence-corrected chi connectivity index (χ4v) is 3.06. The molecule has 1 heteroatoms. The molecule has 0 saturated heterocycles. The van der Waals surface area contributed by atoms with Crippen LogP contribution >= 0.6 is 0 Å². The van der Waals surface area contributed by atoms with Crippen molar-refractivity contribution in [3.8, 4) is 0 Å². The summed E-state index contributed by atoms with van der Waals surface area (Å²) >= 11 is 0. The highest BCUT2D eigenvalue weighted by Crippen LogP contribution is 2.09. The van der Waals surface area contributed by atoms with Crippen molar-refractivity contribution in [1.29, 1.82) is 0 Å². The Morgan fingerprint density at radius 1 is 0.800 bits per heavy atom. The molecule has 0 atom stereocenters. The number of hydrogen-bond donors (Lipinski definition) is 0. The summed E-state index contributed by atoms with van der Waals surface area (Å²) in [6.45, 7) is 4.18. The number of hydrogen-bond acceptors (Lipinski definition) is 0. The first kappa shape index (κ1) is 9.93. The van der Waals surface area contributed by atoms with Crippen molar-refractivity contribution < 1.29 is 0 Å². The zero-order valence-corrected chi connectivity index (χ0v) is 10.1. The molecule has 0 unspecified atom stereocenters. The van der Waals surface area contributed by atoms with Crippen LogP contribution in [0.3, 0.4) is 0 Å². The molecule has 15 heavy (non-hydrogen) atoms. The van der Waals surface area contributed by atoms with Gasteiger partial charge in [-0.15, -0.1) is 0 Å². The van der Waals surface area contributed by atoms with Gasteiger partial charge in [-0.2, -0.15) is 0 Å². The predicted molar refractivity (Wildman–Crippen MR) is 70.1 cm³/mol. The molecular formula is C14H14Si. The lowest BCUT2D eigenvalue weighted by molar-refractivity contribution is 1.65. The van der Waals surface area contributed by atoms with E-state index in [1.165, 1.54) is 15.9 Å². The molecule has 0 fully saturated rings. The van der Waals surface area contributed by atoms with Gasteiger partial charge in [-0.3, -0.25) is 0 Å². The van der Waals surface area contributed by atoms with Crippen molar-refractivity contribution in [2.75, 3.05) is 0 Å². The molecule has 0 nitrogen and oxygen atoms in total. The maximum Gasteiger partial charge on any atom is 0.0875 e. The quantitative estimate of drug-likeness (QED) is 0.681. The average molecular weight is 210 g/mol. The summed E-state index contributed by atoms with van der Waals surface area (Å²) in [5.74, 6) is 0. The van der Waals surface area contributed by atoms with Gasteiger partial charge in [0.15, 0.2) is 0 Å². The minimum absolute atomic E-state index is 0.380. The fourth-order valence-electron chi connectivity index (χ4n) is 1.62. The van der Waals surface area contributed by atoms with Gasteiger partial charge in [0.1, 0.15) is 0 Å². The van der Waals surface area contributed by atoms with Crippen molar-refractivity contribution in [2.45, 2.75) is 0 Å². The van der Waals surface area contributed by atoms with Gasteiger partial charge in [0.05, 0.1) is 9.52 Å². The van der Waals surface area contributed by atoms with E-state index in [1.54, 1.807) is 0 Å². The maximum absolute atomic E-state index is 4.18. The summed E-state index contributed by atoms with van der Waals surface area (Å²) in [6.07, 6.45) is 0. The van der Waals surface area contributed by atoms with Crippen LogP contribution in [0.25, 0.3) is 5.20 Å². The van der Waals surface area contributed by atoms with Gasteiger partial charge in [0, 0.05) is 0 Å². The van der Waals surface area contributed by atoms with Gasteiger partial charge >= 0.3 is 0 Å². The van der Waals surface area contributed by atoms with E-state index in [2.05, 4.69) is 61.2 Å². The molecule has 0 aliphatic carbocycles. The SMILES string of the molecule is C=C([SiH2]c1ccccc1)c1ccccc1. The highest BCUT2D eigenvalue weighted by atomic mass is 28.2. The molecule has 2 aromatic carbocycles. The van der Waals surface area contributed by atoms with E-state index in [9.17, 15) is 0 Å². The summed E-state index contributed by atoms with van der Waals surface area (Å²) in [7, 11) is -0.380. The van der Waals surface area contributed by atoms with Crippen LogP contribution in [-0.4, -0.2) is 9.52 Å². The lowest BCUT2D eigenvalue weighted by atomic mass is 10.2. The lowest BCUT2D eigenvalue weighted by Crippen LogP contribution is -2.14. The third-order valence-corrected chi connectivity index (χ3v) is 4.16. The van der Waals surface area contributed by atoms with Crippen LogP contribution in [0.5, 0.6) is 0 Å². The van der Waals surface area contributed by atoms with Gasteiger partial charge in [-0.1, -0.05) is 77.6 Å².